The Morgan fingerprint density at radius 3 is 2.53 bits per heavy atom. The number of esters is 1. The second-order valence-electron chi connectivity index (χ2n) is 3.13. The number of aliphatic hydroxyl groups excluding tert-OH is 1. The van der Waals surface area contributed by atoms with E-state index in [1.165, 1.54) is 6.92 Å². The lowest BCUT2D eigenvalue weighted by atomic mass is 10.1. The van der Waals surface area contributed by atoms with Gasteiger partial charge in [0.2, 0.25) is 0 Å². The van der Waals surface area contributed by atoms with Gasteiger partial charge in [-0.25, -0.2) is 13.6 Å². The van der Waals surface area contributed by atoms with Crippen molar-refractivity contribution < 1.29 is 28.2 Å². The number of hydrogen-bond acceptors (Lipinski definition) is 4. The van der Waals surface area contributed by atoms with Crippen molar-refractivity contribution in [2.24, 2.45) is 0 Å². The molecular weight excluding hydrogens is 234 g/mol. The van der Waals surface area contributed by atoms with Gasteiger partial charge in [0.25, 0.3) is 0 Å². The summed E-state index contributed by atoms with van der Waals surface area (Å²) in [6.45, 7) is 1.55. The molecule has 1 aromatic carbocycles. The summed E-state index contributed by atoms with van der Waals surface area (Å²) in [5.41, 5.74) is -0.564. The van der Waals surface area contributed by atoms with Gasteiger partial charge < -0.3 is 14.6 Å². The van der Waals surface area contributed by atoms with Crippen LogP contribution in [0.2, 0.25) is 0 Å². The van der Waals surface area contributed by atoms with Gasteiger partial charge in [0.05, 0.1) is 19.3 Å². The summed E-state index contributed by atoms with van der Waals surface area (Å²) in [6.07, 6.45) is -1.92. The molecule has 94 valence electrons. The first-order valence-electron chi connectivity index (χ1n) is 4.89. The van der Waals surface area contributed by atoms with Crippen LogP contribution >= 0.6 is 0 Å². The number of methoxy groups -OCH3 is 1. The average molecular weight is 246 g/mol. The summed E-state index contributed by atoms with van der Waals surface area (Å²) in [5.74, 6) is -3.38. The van der Waals surface area contributed by atoms with Gasteiger partial charge in [-0.1, -0.05) is 0 Å². The van der Waals surface area contributed by atoms with Gasteiger partial charge in [-0.05, 0) is 19.1 Å². The Bertz CT molecular complexity index is 420. The highest BCUT2D eigenvalue weighted by atomic mass is 19.1. The van der Waals surface area contributed by atoms with Crippen LogP contribution in [0.4, 0.5) is 8.78 Å². The number of carbonyl (C=O) groups is 1. The van der Waals surface area contributed by atoms with Crippen LogP contribution in [0.5, 0.6) is 5.75 Å². The van der Waals surface area contributed by atoms with Gasteiger partial charge >= 0.3 is 5.97 Å². The summed E-state index contributed by atoms with van der Waals surface area (Å²) < 4.78 is 35.9. The predicted molar refractivity (Wildman–Crippen MR) is 54.5 cm³/mol. The molecule has 0 amide bonds. The van der Waals surface area contributed by atoms with E-state index in [4.69, 9.17) is 0 Å². The molecule has 0 aliphatic heterocycles. The van der Waals surface area contributed by atoms with E-state index in [1.54, 1.807) is 0 Å². The van der Waals surface area contributed by atoms with Crippen LogP contribution in [0, 0.1) is 11.6 Å². The van der Waals surface area contributed by atoms with Crippen molar-refractivity contribution in [3.63, 3.8) is 0 Å². The van der Waals surface area contributed by atoms with Crippen LogP contribution < -0.4 is 4.74 Å². The quantitative estimate of drug-likeness (QED) is 0.819. The second kappa shape index (κ2) is 5.58. The lowest BCUT2D eigenvalue weighted by molar-refractivity contribution is -0.153. The molecule has 0 spiro atoms. The fourth-order valence-electron chi connectivity index (χ4n) is 1.35. The molecule has 0 heterocycles. The van der Waals surface area contributed by atoms with Gasteiger partial charge in [0, 0.05) is 0 Å². The summed E-state index contributed by atoms with van der Waals surface area (Å²) in [5, 5.41) is 9.58. The molecule has 1 N–H and O–H groups in total. The molecule has 0 aliphatic rings. The molecule has 0 saturated heterocycles. The van der Waals surface area contributed by atoms with E-state index < -0.39 is 35.0 Å². The molecule has 1 aromatic rings. The number of hydrogen-bond donors (Lipinski definition) is 1. The maximum atomic E-state index is 13.5. The highest BCUT2D eigenvalue weighted by Gasteiger charge is 2.28. The molecule has 0 aromatic heterocycles. The van der Waals surface area contributed by atoms with Crippen molar-refractivity contribution in [1.82, 2.24) is 0 Å². The Morgan fingerprint density at radius 1 is 1.41 bits per heavy atom. The zero-order valence-corrected chi connectivity index (χ0v) is 9.37. The first kappa shape index (κ1) is 13.4. The van der Waals surface area contributed by atoms with Gasteiger partial charge in [0.1, 0.15) is 5.82 Å². The third kappa shape index (κ3) is 2.71. The molecule has 17 heavy (non-hydrogen) atoms. The molecule has 6 heteroatoms. The largest absolute Gasteiger partial charge is 0.493 e. The maximum Gasteiger partial charge on any atom is 0.339 e. The molecule has 0 saturated carbocycles. The van der Waals surface area contributed by atoms with Crippen LogP contribution in [-0.2, 0) is 9.53 Å². The predicted octanol–water partition coefficient (Wildman–Crippen LogP) is 1.57. The number of rotatable bonds is 4. The Kier molecular flexibility index (Phi) is 4.39. The van der Waals surface area contributed by atoms with Crippen molar-refractivity contribution in [2.45, 2.75) is 13.0 Å². The third-order valence-electron chi connectivity index (χ3n) is 2.08. The lowest BCUT2D eigenvalue weighted by Crippen LogP contribution is -2.18. The Balaban J connectivity index is 3.20. The first-order chi connectivity index (χ1) is 8.02. The van der Waals surface area contributed by atoms with Crippen molar-refractivity contribution in [3.8, 4) is 5.75 Å². The molecule has 0 fully saturated rings. The molecule has 4 nitrogen and oxygen atoms in total. The van der Waals surface area contributed by atoms with E-state index in [2.05, 4.69) is 9.47 Å². The minimum atomic E-state index is -1.92. The number of carbonyl (C=O) groups excluding carboxylic acids is 1. The van der Waals surface area contributed by atoms with E-state index in [0.717, 1.165) is 19.2 Å². The molecule has 0 bridgehead atoms. The molecular formula is C11H12F2O4. The van der Waals surface area contributed by atoms with E-state index in [1.807, 2.05) is 0 Å². The number of ether oxygens (including phenoxy) is 2. The zero-order chi connectivity index (χ0) is 13.0. The Morgan fingerprint density at radius 2 is 2.00 bits per heavy atom. The van der Waals surface area contributed by atoms with Crippen molar-refractivity contribution in [3.05, 3.63) is 29.3 Å². The summed E-state index contributed by atoms with van der Waals surface area (Å²) in [7, 11) is 1.11. The smallest absolute Gasteiger partial charge is 0.339 e. The lowest BCUT2D eigenvalue weighted by Gasteiger charge is -2.14. The van der Waals surface area contributed by atoms with Gasteiger partial charge in [-0.15, -0.1) is 0 Å². The second-order valence-corrected chi connectivity index (χ2v) is 3.13. The van der Waals surface area contributed by atoms with Crippen molar-refractivity contribution >= 4 is 5.97 Å². The minimum Gasteiger partial charge on any atom is -0.493 e. The highest BCUT2D eigenvalue weighted by Crippen LogP contribution is 2.31. The Hall–Kier alpha value is -1.69. The fraction of sp³-hybridized carbons (Fsp3) is 0.364. The van der Waals surface area contributed by atoms with Gasteiger partial charge in [-0.2, -0.15) is 0 Å². The number of benzene rings is 1. The number of halogens is 2. The first-order valence-corrected chi connectivity index (χ1v) is 4.89. The van der Waals surface area contributed by atoms with Gasteiger partial charge in [0.15, 0.2) is 17.7 Å². The standard InChI is InChI=1S/C11H12F2O4/c1-3-17-11(15)9(14)8-6(12)4-5-7(13)10(8)16-2/h4-5,9,14H,3H2,1-2H3. The van der Waals surface area contributed by atoms with E-state index in [0.29, 0.717) is 0 Å². The van der Waals surface area contributed by atoms with Crippen LogP contribution in [0.3, 0.4) is 0 Å². The summed E-state index contributed by atoms with van der Waals surface area (Å²) in [6, 6.07) is 1.64. The van der Waals surface area contributed by atoms with E-state index >= 15 is 0 Å². The SMILES string of the molecule is CCOC(=O)C(O)c1c(F)ccc(F)c1OC. The van der Waals surface area contributed by atoms with Crippen molar-refractivity contribution in [2.75, 3.05) is 13.7 Å². The fourth-order valence-corrected chi connectivity index (χ4v) is 1.35. The topological polar surface area (TPSA) is 55.8 Å². The van der Waals surface area contributed by atoms with Crippen LogP contribution in [0.25, 0.3) is 0 Å². The third-order valence-corrected chi connectivity index (χ3v) is 2.08. The summed E-state index contributed by atoms with van der Waals surface area (Å²) >= 11 is 0. The monoisotopic (exact) mass is 246 g/mol. The van der Waals surface area contributed by atoms with Crippen LogP contribution in [-0.4, -0.2) is 24.8 Å². The maximum absolute atomic E-state index is 13.5. The minimum absolute atomic E-state index is 0.0230. The Labute approximate surface area is 96.8 Å². The average Bonchev–Trinajstić information content (AvgIpc) is 2.31. The molecule has 1 unspecified atom stereocenters. The molecule has 1 atom stereocenters. The van der Waals surface area contributed by atoms with Crippen molar-refractivity contribution in [1.29, 1.82) is 0 Å². The zero-order valence-electron chi connectivity index (χ0n) is 9.37. The van der Waals surface area contributed by atoms with Crippen LogP contribution in [0.1, 0.15) is 18.6 Å². The molecule has 0 aliphatic carbocycles. The van der Waals surface area contributed by atoms with Gasteiger partial charge in [-0.3, -0.25) is 0 Å². The van der Waals surface area contributed by atoms with E-state index in [-0.39, 0.29) is 6.61 Å². The summed E-state index contributed by atoms with van der Waals surface area (Å²) in [4.78, 5) is 11.3. The van der Waals surface area contributed by atoms with Crippen LogP contribution in [0.15, 0.2) is 12.1 Å². The normalized spacial score (nSPS) is 12.1. The molecule has 0 radical (unpaired) electrons. The molecule has 1 rings (SSSR count). The highest BCUT2D eigenvalue weighted by molar-refractivity contribution is 5.77. The van der Waals surface area contributed by atoms with E-state index in [9.17, 15) is 18.7 Å². The number of aliphatic hydroxyl groups is 1.